The van der Waals surface area contributed by atoms with Crippen molar-refractivity contribution >= 4 is 29.1 Å². The number of ether oxygens (including phenoxy) is 2. The third kappa shape index (κ3) is 3.92. The Morgan fingerprint density at radius 3 is 2.43 bits per heavy atom. The molecule has 0 radical (unpaired) electrons. The van der Waals surface area contributed by atoms with Gasteiger partial charge in [0, 0.05) is 16.3 Å². The minimum absolute atomic E-state index is 0.307. The van der Waals surface area contributed by atoms with E-state index in [-0.39, 0.29) is 5.91 Å². The quantitative estimate of drug-likeness (QED) is 0.473. The van der Waals surface area contributed by atoms with Crippen LogP contribution in [0.4, 0.5) is 5.69 Å². The highest BCUT2D eigenvalue weighted by Gasteiger charge is 2.18. The number of aryl methyl sites for hydroxylation is 1. The fourth-order valence-corrected chi connectivity index (χ4v) is 3.92. The number of benzene rings is 2. The molecule has 2 heterocycles. The predicted octanol–water partition coefficient (Wildman–Crippen LogP) is 3.85. The first-order valence-electron chi connectivity index (χ1n) is 9.06. The molecule has 0 atom stereocenters. The van der Waals surface area contributed by atoms with Crippen LogP contribution in [0.15, 0.2) is 64.8 Å². The van der Waals surface area contributed by atoms with E-state index >= 15 is 0 Å². The Balaban J connectivity index is 1.53. The Morgan fingerprint density at radius 2 is 1.77 bits per heavy atom. The molecule has 0 saturated carbocycles. The molecule has 0 aliphatic carbocycles. The van der Waals surface area contributed by atoms with Crippen LogP contribution in [0, 0.1) is 6.92 Å². The number of anilines is 1. The molecule has 4 aromatic rings. The number of carbonyl (C=O) groups excluding carboxylic acids is 1. The maximum atomic E-state index is 12.8. The number of amides is 1. The van der Waals surface area contributed by atoms with Crippen LogP contribution in [0.25, 0.3) is 5.78 Å². The number of hydrogen-bond donors (Lipinski definition) is 1. The summed E-state index contributed by atoms with van der Waals surface area (Å²) >= 11 is 1.54. The number of rotatable bonds is 6. The lowest BCUT2D eigenvalue weighted by Gasteiger charge is -2.13. The van der Waals surface area contributed by atoms with Gasteiger partial charge in [0.2, 0.25) is 0 Å². The molecular formula is C21H19N5O3S. The highest BCUT2D eigenvalue weighted by molar-refractivity contribution is 7.99. The monoisotopic (exact) mass is 421 g/mol. The highest BCUT2D eigenvalue weighted by Crippen LogP contribution is 2.31. The molecule has 1 N–H and O–H groups in total. The van der Waals surface area contributed by atoms with Crippen molar-refractivity contribution in [1.29, 1.82) is 0 Å². The molecule has 8 nitrogen and oxygen atoms in total. The zero-order valence-corrected chi connectivity index (χ0v) is 17.4. The summed E-state index contributed by atoms with van der Waals surface area (Å²) in [7, 11) is 3.04. The number of nitrogens with zero attached hydrogens (tertiary/aromatic N) is 4. The molecular weight excluding hydrogens is 402 g/mol. The maximum Gasteiger partial charge on any atom is 0.263 e. The minimum Gasteiger partial charge on any atom is -0.496 e. The van der Waals surface area contributed by atoms with Crippen molar-refractivity contribution in [3.8, 4) is 11.5 Å². The van der Waals surface area contributed by atoms with E-state index in [4.69, 9.17) is 9.47 Å². The lowest BCUT2D eigenvalue weighted by atomic mass is 10.1. The molecule has 0 aliphatic heterocycles. The average molecular weight is 421 g/mol. The smallest absolute Gasteiger partial charge is 0.263 e. The third-order valence-electron chi connectivity index (χ3n) is 4.34. The number of methoxy groups -OCH3 is 2. The van der Waals surface area contributed by atoms with Crippen LogP contribution in [0.1, 0.15) is 16.1 Å². The Bertz CT molecular complexity index is 1180. The molecule has 4 rings (SSSR count). The van der Waals surface area contributed by atoms with E-state index < -0.39 is 0 Å². The van der Waals surface area contributed by atoms with Gasteiger partial charge in [0.25, 0.3) is 11.7 Å². The van der Waals surface area contributed by atoms with Crippen LogP contribution in [0.2, 0.25) is 0 Å². The van der Waals surface area contributed by atoms with Crippen molar-refractivity contribution in [2.45, 2.75) is 16.8 Å². The minimum atomic E-state index is -0.307. The molecule has 0 bridgehead atoms. The summed E-state index contributed by atoms with van der Waals surface area (Å²) in [6.07, 6.45) is 1.48. The van der Waals surface area contributed by atoms with Gasteiger partial charge in [-0.15, -0.1) is 0 Å². The fourth-order valence-electron chi connectivity index (χ4n) is 2.97. The molecule has 2 aromatic heterocycles. The van der Waals surface area contributed by atoms with E-state index in [2.05, 4.69) is 20.4 Å². The van der Waals surface area contributed by atoms with E-state index in [9.17, 15) is 4.79 Å². The van der Waals surface area contributed by atoms with Gasteiger partial charge in [-0.1, -0.05) is 17.8 Å². The molecule has 30 heavy (non-hydrogen) atoms. The number of fused-ring (bicyclic) bond motifs is 1. The summed E-state index contributed by atoms with van der Waals surface area (Å²) in [6.45, 7) is 1.92. The van der Waals surface area contributed by atoms with Crippen molar-refractivity contribution in [2.24, 2.45) is 0 Å². The standard InChI is InChI=1S/C21H19N5O3S/c1-13-11-18(26-21(24-13)22-12-23-26)30-15-9-7-14(8-10-15)25-20(27)19-16(28-2)5-4-6-17(19)29-3/h4-12H,1-3H3,(H,25,27). The average Bonchev–Trinajstić information content (AvgIpc) is 3.23. The van der Waals surface area contributed by atoms with Gasteiger partial charge in [-0.2, -0.15) is 14.6 Å². The molecule has 0 unspecified atom stereocenters. The largest absolute Gasteiger partial charge is 0.496 e. The summed E-state index contributed by atoms with van der Waals surface area (Å²) in [4.78, 5) is 22.3. The van der Waals surface area contributed by atoms with E-state index in [1.165, 1.54) is 32.3 Å². The summed E-state index contributed by atoms with van der Waals surface area (Å²) in [5, 5.41) is 8.02. The van der Waals surface area contributed by atoms with Crippen molar-refractivity contribution in [3.05, 3.63) is 66.1 Å². The van der Waals surface area contributed by atoms with Crippen molar-refractivity contribution in [3.63, 3.8) is 0 Å². The number of carbonyl (C=O) groups is 1. The first-order chi connectivity index (χ1) is 14.6. The topological polar surface area (TPSA) is 90.6 Å². The van der Waals surface area contributed by atoms with Crippen LogP contribution in [0.3, 0.4) is 0 Å². The SMILES string of the molecule is COc1cccc(OC)c1C(=O)Nc1ccc(Sc2cc(C)nc3ncnn23)cc1. The number of hydrogen-bond acceptors (Lipinski definition) is 7. The van der Waals surface area contributed by atoms with Gasteiger partial charge in [-0.3, -0.25) is 4.79 Å². The van der Waals surface area contributed by atoms with Crippen molar-refractivity contribution < 1.29 is 14.3 Å². The molecule has 0 spiro atoms. The van der Waals surface area contributed by atoms with E-state index in [0.717, 1.165) is 15.6 Å². The zero-order valence-electron chi connectivity index (χ0n) is 16.6. The van der Waals surface area contributed by atoms with Gasteiger partial charge >= 0.3 is 0 Å². The zero-order chi connectivity index (χ0) is 21.1. The van der Waals surface area contributed by atoms with Gasteiger partial charge in [0.05, 0.1) is 14.2 Å². The summed E-state index contributed by atoms with van der Waals surface area (Å²) in [5.41, 5.74) is 1.88. The van der Waals surface area contributed by atoms with Crippen LogP contribution in [-0.4, -0.2) is 39.7 Å². The molecule has 0 aliphatic rings. The first kappa shape index (κ1) is 19.7. The van der Waals surface area contributed by atoms with Gasteiger partial charge in [0.15, 0.2) is 0 Å². The molecule has 0 fully saturated rings. The van der Waals surface area contributed by atoms with Gasteiger partial charge in [-0.05, 0) is 49.4 Å². The highest BCUT2D eigenvalue weighted by atomic mass is 32.2. The van der Waals surface area contributed by atoms with Gasteiger partial charge in [-0.25, -0.2) is 4.98 Å². The van der Waals surface area contributed by atoms with E-state index in [1.54, 1.807) is 22.7 Å². The third-order valence-corrected chi connectivity index (χ3v) is 5.34. The van der Waals surface area contributed by atoms with Crippen molar-refractivity contribution in [2.75, 3.05) is 19.5 Å². The Labute approximate surface area is 177 Å². The molecule has 9 heteroatoms. The molecule has 152 valence electrons. The Morgan fingerprint density at radius 1 is 1.07 bits per heavy atom. The van der Waals surface area contributed by atoms with Crippen LogP contribution in [-0.2, 0) is 0 Å². The lowest BCUT2D eigenvalue weighted by Crippen LogP contribution is -2.14. The molecule has 0 saturated heterocycles. The second kappa shape index (κ2) is 8.42. The number of aromatic nitrogens is 4. The lowest BCUT2D eigenvalue weighted by molar-refractivity contribution is 0.102. The fraction of sp³-hybridized carbons (Fsp3) is 0.143. The van der Waals surface area contributed by atoms with Gasteiger partial charge < -0.3 is 14.8 Å². The van der Waals surface area contributed by atoms with E-state index in [0.29, 0.717) is 28.5 Å². The predicted molar refractivity (Wildman–Crippen MR) is 114 cm³/mol. The van der Waals surface area contributed by atoms with Crippen LogP contribution >= 0.6 is 11.8 Å². The Hall–Kier alpha value is -3.59. The first-order valence-corrected chi connectivity index (χ1v) is 9.88. The van der Waals surface area contributed by atoms with Crippen LogP contribution < -0.4 is 14.8 Å². The Kier molecular flexibility index (Phi) is 5.53. The van der Waals surface area contributed by atoms with E-state index in [1.807, 2.05) is 37.3 Å². The maximum absolute atomic E-state index is 12.8. The molecule has 2 aromatic carbocycles. The summed E-state index contributed by atoms with van der Waals surface area (Å²) in [6, 6.07) is 14.7. The second-order valence-corrected chi connectivity index (χ2v) is 7.42. The van der Waals surface area contributed by atoms with Gasteiger partial charge in [0.1, 0.15) is 28.4 Å². The summed E-state index contributed by atoms with van der Waals surface area (Å²) < 4.78 is 12.3. The van der Waals surface area contributed by atoms with Crippen molar-refractivity contribution in [1.82, 2.24) is 19.6 Å². The second-order valence-electron chi connectivity index (χ2n) is 6.33. The summed E-state index contributed by atoms with van der Waals surface area (Å²) in [5.74, 6) is 1.15. The normalized spacial score (nSPS) is 10.8. The number of nitrogens with one attached hydrogen (secondary N) is 1. The van der Waals surface area contributed by atoms with Crippen LogP contribution in [0.5, 0.6) is 11.5 Å². The molecule has 1 amide bonds.